The van der Waals surface area contributed by atoms with Gasteiger partial charge in [-0.1, -0.05) is 45.4 Å². The molecule has 0 amide bonds. The van der Waals surface area contributed by atoms with Crippen LogP contribution in [0.5, 0.6) is 0 Å². The molecule has 0 aliphatic carbocycles. The van der Waals surface area contributed by atoms with Gasteiger partial charge in [0.2, 0.25) is 10.0 Å². The van der Waals surface area contributed by atoms with Gasteiger partial charge in [-0.25, -0.2) is 13.1 Å². The smallest absolute Gasteiger partial charge is 0.211 e. The molecule has 0 aliphatic rings. The van der Waals surface area contributed by atoms with Crippen molar-refractivity contribution in [1.82, 2.24) is 4.72 Å². The molecule has 0 atom stereocenters. The second kappa shape index (κ2) is 6.92. The predicted octanol–water partition coefficient (Wildman–Crippen LogP) is 3.85. The van der Waals surface area contributed by atoms with Crippen LogP contribution in [0.3, 0.4) is 0 Å². The number of benzene rings is 1. The maximum absolute atomic E-state index is 12.4. The molecule has 20 heavy (non-hydrogen) atoms. The van der Waals surface area contributed by atoms with E-state index in [0.717, 1.165) is 0 Å². The molecule has 0 spiro atoms. The lowest BCUT2D eigenvalue weighted by molar-refractivity contribution is 0.289. The summed E-state index contributed by atoms with van der Waals surface area (Å²) in [4.78, 5) is 0.260. The van der Waals surface area contributed by atoms with Gasteiger partial charge in [0.05, 0.1) is 4.90 Å². The van der Waals surface area contributed by atoms with E-state index in [-0.39, 0.29) is 4.90 Å². The standard InChI is InChI=1S/C15H24ClNO2S/c1-10(2)14(11(3)4)9-17-20(18,19)15-8-13(16)7-6-12(15)5/h6-8,10-11,14,17H,9H2,1-5H3. The number of rotatable bonds is 6. The minimum atomic E-state index is -3.51. The molecule has 1 N–H and O–H groups in total. The quantitative estimate of drug-likeness (QED) is 0.866. The first-order chi connectivity index (χ1) is 9.15. The van der Waals surface area contributed by atoms with Gasteiger partial charge in [-0.2, -0.15) is 0 Å². The second-order valence-electron chi connectivity index (χ2n) is 5.91. The van der Waals surface area contributed by atoms with Crippen molar-refractivity contribution in [1.29, 1.82) is 0 Å². The fraction of sp³-hybridized carbons (Fsp3) is 0.600. The molecule has 0 unspecified atom stereocenters. The average molecular weight is 318 g/mol. The Morgan fingerprint density at radius 3 is 2.20 bits per heavy atom. The molecule has 1 aromatic rings. The molecular weight excluding hydrogens is 294 g/mol. The van der Waals surface area contributed by atoms with Crippen LogP contribution < -0.4 is 4.72 Å². The molecule has 114 valence electrons. The Bertz CT molecular complexity index is 545. The van der Waals surface area contributed by atoms with E-state index in [1.54, 1.807) is 19.1 Å². The highest BCUT2D eigenvalue weighted by molar-refractivity contribution is 7.89. The van der Waals surface area contributed by atoms with Gasteiger partial charge in [0.15, 0.2) is 0 Å². The molecule has 0 saturated carbocycles. The Morgan fingerprint density at radius 1 is 1.15 bits per heavy atom. The average Bonchev–Trinajstić information content (AvgIpc) is 2.31. The van der Waals surface area contributed by atoms with Crippen LogP contribution in [0.4, 0.5) is 0 Å². The van der Waals surface area contributed by atoms with Gasteiger partial charge in [0, 0.05) is 11.6 Å². The lowest BCUT2D eigenvalue weighted by atomic mass is 9.86. The molecule has 1 aromatic carbocycles. The normalized spacial score (nSPS) is 12.7. The van der Waals surface area contributed by atoms with Crippen LogP contribution in [0.2, 0.25) is 5.02 Å². The third kappa shape index (κ3) is 4.47. The van der Waals surface area contributed by atoms with Crippen molar-refractivity contribution in [2.75, 3.05) is 6.54 Å². The monoisotopic (exact) mass is 317 g/mol. The first kappa shape index (κ1) is 17.5. The first-order valence-electron chi connectivity index (χ1n) is 6.91. The third-order valence-corrected chi connectivity index (χ3v) is 5.46. The van der Waals surface area contributed by atoms with Gasteiger partial charge in [0.1, 0.15) is 0 Å². The van der Waals surface area contributed by atoms with Crippen molar-refractivity contribution >= 4 is 21.6 Å². The second-order valence-corrected chi connectivity index (χ2v) is 8.09. The largest absolute Gasteiger partial charge is 0.240 e. The maximum atomic E-state index is 12.4. The molecule has 0 fully saturated rings. The Balaban J connectivity index is 2.93. The summed E-state index contributed by atoms with van der Waals surface area (Å²) in [6.45, 7) is 10.7. The van der Waals surface area contributed by atoms with Crippen molar-refractivity contribution in [2.45, 2.75) is 39.5 Å². The number of halogens is 1. The Kier molecular flexibility index (Phi) is 6.05. The fourth-order valence-electron chi connectivity index (χ4n) is 2.39. The summed E-state index contributed by atoms with van der Waals surface area (Å²) < 4.78 is 27.5. The first-order valence-corrected chi connectivity index (χ1v) is 8.77. The minimum Gasteiger partial charge on any atom is -0.211 e. The lowest BCUT2D eigenvalue weighted by Crippen LogP contribution is -2.34. The highest BCUT2D eigenvalue weighted by Gasteiger charge is 2.22. The van der Waals surface area contributed by atoms with Crippen molar-refractivity contribution in [2.24, 2.45) is 17.8 Å². The molecule has 0 aromatic heterocycles. The molecule has 0 radical (unpaired) electrons. The van der Waals surface area contributed by atoms with E-state index in [4.69, 9.17) is 11.6 Å². The van der Waals surface area contributed by atoms with Crippen molar-refractivity contribution in [3.05, 3.63) is 28.8 Å². The molecule has 1 rings (SSSR count). The molecule has 0 heterocycles. The van der Waals surface area contributed by atoms with Gasteiger partial charge >= 0.3 is 0 Å². The van der Waals surface area contributed by atoms with E-state index in [1.165, 1.54) is 6.07 Å². The number of aryl methyl sites for hydroxylation is 1. The summed E-state index contributed by atoms with van der Waals surface area (Å²) in [7, 11) is -3.51. The maximum Gasteiger partial charge on any atom is 0.240 e. The molecule has 3 nitrogen and oxygen atoms in total. The Hall–Kier alpha value is -0.580. The molecule has 0 aliphatic heterocycles. The zero-order valence-corrected chi connectivity index (χ0v) is 14.3. The number of sulfonamides is 1. The van der Waals surface area contributed by atoms with E-state index < -0.39 is 10.0 Å². The van der Waals surface area contributed by atoms with Gasteiger partial charge in [-0.3, -0.25) is 0 Å². The van der Waals surface area contributed by atoms with E-state index in [1.807, 2.05) is 0 Å². The van der Waals surface area contributed by atoms with E-state index in [2.05, 4.69) is 32.4 Å². The lowest BCUT2D eigenvalue weighted by Gasteiger charge is -2.25. The molecule has 5 heteroatoms. The summed E-state index contributed by atoms with van der Waals surface area (Å²) in [6.07, 6.45) is 0. The zero-order chi connectivity index (χ0) is 15.5. The topological polar surface area (TPSA) is 46.2 Å². The highest BCUT2D eigenvalue weighted by Crippen LogP contribution is 2.23. The van der Waals surface area contributed by atoms with Crippen LogP contribution in [0, 0.1) is 24.7 Å². The van der Waals surface area contributed by atoms with Crippen LogP contribution in [0.15, 0.2) is 23.1 Å². The summed E-state index contributed by atoms with van der Waals surface area (Å²) in [6, 6.07) is 4.92. The molecule has 0 saturated heterocycles. The van der Waals surface area contributed by atoms with Crippen LogP contribution in [0.25, 0.3) is 0 Å². The Morgan fingerprint density at radius 2 is 1.70 bits per heavy atom. The third-order valence-electron chi connectivity index (χ3n) is 3.66. The Labute approximate surface area is 127 Å². The molecular formula is C15H24ClNO2S. The highest BCUT2D eigenvalue weighted by atomic mass is 35.5. The summed E-state index contributed by atoms with van der Waals surface area (Å²) in [5.74, 6) is 1.17. The van der Waals surface area contributed by atoms with Crippen molar-refractivity contribution in [3.63, 3.8) is 0 Å². The van der Waals surface area contributed by atoms with Crippen molar-refractivity contribution in [3.8, 4) is 0 Å². The van der Waals surface area contributed by atoms with E-state index >= 15 is 0 Å². The van der Waals surface area contributed by atoms with Crippen molar-refractivity contribution < 1.29 is 8.42 Å². The van der Waals surface area contributed by atoms with Gasteiger partial charge in [-0.05, 0) is 42.4 Å². The van der Waals surface area contributed by atoms with E-state index in [0.29, 0.717) is 34.9 Å². The summed E-state index contributed by atoms with van der Waals surface area (Å²) in [5.41, 5.74) is 0.701. The van der Waals surface area contributed by atoms with Crippen LogP contribution >= 0.6 is 11.6 Å². The van der Waals surface area contributed by atoms with Gasteiger partial charge < -0.3 is 0 Å². The predicted molar refractivity (Wildman–Crippen MR) is 84.5 cm³/mol. The van der Waals surface area contributed by atoms with Crippen LogP contribution in [-0.2, 0) is 10.0 Å². The molecule has 0 bridgehead atoms. The van der Waals surface area contributed by atoms with Crippen LogP contribution in [0.1, 0.15) is 33.3 Å². The number of hydrogen-bond acceptors (Lipinski definition) is 2. The van der Waals surface area contributed by atoms with Crippen LogP contribution in [-0.4, -0.2) is 15.0 Å². The van der Waals surface area contributed by atoms with Gasteiger partial charge in [-0.15, -0.1) is 0 Å². The summed E-state index contributed by atoms with van der Waals surface area (Å²) >= 11 is 5.89. The number of hydrogen-bond donors (Lipinski definition) is 1. The van der Waals surface area contributed by atoms with E-state index in [9.17, 15) is 8.42 Å². The van der Waals surface area contributed by atoms with Gasteiger partial charge in [0.25, 0.3) is 0 Å². The SMILES string of the molecule is Cc1ccc(Cl)cc1S(=O)(=O)NCC(C(C)C)C(C)C. The fourth-order valence-corrected chi connectivity index (χ4v) is 3.97. The zero-order valence-electron chi connectivity index (χ0n) is 12.8. The minimum absolute atomic E-state index is 0.260. The summed E-state index contributed by atoms with van der Waals surface area (Å²) in [5, 5.41) is 0.431. The number of nitrogens with one attached hydrogen (secondary N) is 1.